The van der Waals surface area contributed by atoms with E-state index in [2.05, 4.69) is 44.9 Å². The molecular formula is C14H23BrClN3. The van der Waals surface area contributed by atoms with Gasteiger partial charge in [0.15, 0.2) is 0 Å². The third-order valence-corrected chi connectivity index (χ3v) is 5.39. The topological polar surface area (TPSA) is 29.9 Å². The second-order valence-electron chi connectivity index (χ2n) is 5.21. The van der Waals surface area contributed by atoms with E-state index in [0.717, 1.165) is 31.1 Å². The van der Waals surface area contributed by atoms with Crippen molar-refractivity contribution in [2.75, 3.05) is 5.88 Å². The Morgan fingerprint density at radius 2 is 2.21 bits per heavy atom. The molecule has 1 fully saturated rings. The lowest BCUT2D eigenvalue weighted by Gasteiger charge is -2.19. The first-order valence-corrected chi connectivity index (χ1v) is 8.57. The fourth-order valence-electron chi connectivity index (χ4n) is 2.90. The molecular weight excluding hydrogens is 326 g/mol. The van der Waals surface area contributed by atoms with Crippen molar-refractivity contribution < 1.29 is 0 Å². The van der Waals surface area contributed by atoms with Gasteiger partial charge >= 0.3 is 0 Å². The quantitative estimate of drug-likeness (QED) is 0.794. The van der Waals surface area contributed by atoms with Gasteiger partial charge in [-0.25, -0.2) is 0 Å². The lowest BCUT2D eigenvalue weighted by atomic mass is 10.1. The Kier molecular flexibility index (Phi) is 5.72. The van der Waals surface area contributed by atoms with Crippen LogP contribution in [0.1, 0.15) is 44.5 Å². The fourth-order valence-corrected chi connectivity index (χ4v) is 3.98. The van der Waals surface area contributed by atoms with E-state index in [4.69, 9.17) is 11.6 Å². The molecule has 0 radical (unpaired) electrons. The second-order valence-corrected chi connectivity index (χ2v) is 6.31. The first-order chi connectivity index (χ1) is 9.21. The zero-order valence-corrected chi connectivity index (χ0v) is 14.1. The third-order valence-electron chi connectivity index (χ3n) is 4.08. The average molecular weight is 349 g/mol. The molecule has 19 heavy (non-hydrogen) atoms. The fraction of sp³-hybridized carbons (Fsp3) is 0.786. The summed E-state index contributed by atoms with van der Waals surface area (Å²) >= 11 is 9.73. The highest BCUT2D eigenvalue weighted by atomic mass is 79.9. The Hall–Kier alpha value is -0.0600. The number of halogens is 2. The maximum absolute atomic E-state index is 6.03. The van der Waals surface area contributed by atoms with Crippen LogP contribution in [0.5, 0.6) is 0 Å². The molecule has 3 nitrogen and oxygen atoms in total. The molecule has 0 amide bonds. The molecule has 1 aliphatic rings. The van der Waals surface area contributed by atoms with Gasteiger partial charge in [-0.05, 0) is 48.0 Å². The maximum Gasteiger partial charge on any atom is 0.0767 e. The van der Waals surface area contributed by atoms with Crippen LogP contribution in [0.25, 0.3) is 0 Å². The van der Waals surface area contributed by atoms with Crippen molar-refractivity contribution in [2.24, 2.45) is 5.92 Å². The van der Waals surface area contributed by atoms with Gasteiger partial charge in [0.25, 0.3) is 0 Å². The lowest BCUT2D eigenvalue weighted by Crippen LogP contribution is -2.33. The van der Waals surface area contributed by atoms with Crippen molar-refractivity contribution in [1.29, 1.82) is 0 Å². The number of aromatic nitrogens is 2. The molecule has 108 valence electrons. The van der Waals surface area contributed by atoms with Gasteiger partial charge in [-0.3, -0.25) is 4.68 Å². The first-order valence-electron chi connectivity index (χ1n) is 7.24. The number of nitrogens with zero attached hydrogens (tertiary/aromatic N) is 2. The second kappa shape index (κ2) is 7.09. The van der Waals surface area contributed by atoms with Crippen molar-refractivity contribution in [3.63, 3.8) is 0 Å². The largest absolute Gasteiger partial charge is 0.308 e. The molecule has 0 spiro atoms. The van der Waals surface area contributed by atoms with Crippen LogP contribution in [0.15, 0.2) is 4.47 Å². The SMILES string of the molecule is CCc1nn(CC)c(CNC2CCCC2CCl)c1Br. The predicted molar refractivity (Wildman–Crippen MR) is 83.7 cm³/mol. The van der Waals surface area contributed by atoms with Crippen LogP contribution in [-0.4, -0.2) is 21.7 Å². The molecule has 2 unspecified atom stereocenters. The minimum absolute atomic E-state index is 0.565. The van der Waals surface area contributed by atoms with Gasteiger partial charge in [-0.15, -0.1) is 11.6 Å². The van der Waals surface area contributed by atoms with Crippen molar-refractivity contribution in [3.8, 4) is 0 Å². The zero-order valence-electron chi connectivity index (χ0n) is 11.8. The monoisotopic (exact) mass is 347 g/mol. The Bertz CT molecular complexity index is 419. The van der Waals surface area contributed by atoms with Gasteiger partial charge < -0.3 is 5.32 Å². The maximum atomic E-state index is 6.03. The van der Waals surface area contributed by atoms with Crippen LogP contribution in [0, 0.1) is 5.92 Å². The molecule has 1 aromatic heterocycles. The Morgan fingerprint density at radius 1 is 1.42 bits per heavy atom. The van der Waals surface area contributed by atoms with E-state index in [9.17, 15) is 0 Å². The molecule has 0 aromatic carbocycles. The number of hydrogen-bond acceptors (Lipinski definition) is 2. The summed E-state index contributed by atoms with van der Waals surface area (Å²) in [5.74, 6) is 1.40. The molecule has 1 heterocycles. The number of nitrogens with one attached hydrogen (secondary N) is 1. The highest BCUT2D eigenvalue weighted by molar-refractivity contribution is 9.10. The summed E-state index contributed by atoms with van der Waals surface area (Å²) in [7, 11) is 0. The summed E-state index contributed by atoms with van der Waals surface area (Å²) in [6.07, 6.45) is 4.77. The van der Waals surface area contributed by atoms with E-state index < -0.39 is 0 Å². The van der Waals surface area contributed by atoms with Crippen molar-refractivity contribution in [3.05, 3.63) is 15.9 Å². The number of aryl methyl sites for hydroxylation is 2. The van der Waals surface area contributed by atoms with Crippen LogP contribution in [0.2, 0.25) is 0 Å². The van der Waals surface area contributed by atoms with Gasteiger partial charge in [0.05, 0.1) is 15.9 Å². The van der Waals surface area contributed by atoms with E-state index in [-0.39, 0.29) is 0 Å². The van der Waals surface area contributed by atoms with E-state index >= 15 is 0 Å². The van der Waals surface area contributed by atoms with Gasteiger partial charge in [0, 0.05) is 25.0 Å². The summed E-state index contributed by atoms with van der Waals surface area (Å²) in [5, 5.41) is 8.31. The van der Waals surface area contributed by atoms with Crippen LogP contribution in [0.4, 0.5) is 0 Å². The number of alkyl halides is 1. The molecule has 2 rings (SSSR count). The molecule has 2 atom stereocenters. The number of rotatable bonds is 6. The smallest absolute Gasteiger partial charge is 0.0767 e. The lowest BCUT2D eigenvalue weighted by molar-refractivity contribution is 0.420. The van der Waals surface area contributed by atoms with Crippen molar-refractivity contribution in [1.82, 2.24) is 15.1 Å². The Labute approximate surface area is 129 Å². The van der Waals surface area contributed by atoms with Crippen LogP contribution >= 0.6 is 27.5 Å². The van der Waals surface area contributed by atoms with Crippen molar-refractivity contribution in [2.45, 2.75) is 58.7 Å². The van der Waals surface area contributed by atoms with E-state index in [0.29, 0.717) is 12.0 Å². The minimum atomic E-state index is 0.565. The molecule has 0 aliphatic heterocycles. The molecule has 0 saturated heterocycles. The van der Waals surface area contributed by atoms with Crippen LogP contribution in [-0.2, 0) is 19.5 Å². The van der Waals surface area contributed by atoms with Crippen molar-refractivity contribution >= 4 is 27.5 Å². The molecule has 1 aromatic rings. The predicted octanol–water partition coefficient (Wildman–Crippen LogP) is 3.73. The van der Waals surface area contributed by atoms with E-state index in [1.807, 2.05) is 0 Å². The summed E-state index contributed by atoms with van der Waals surface area (Å²) < 4.78 is 3.27. The first kappa shape index (κ1) is 15.3. The Balaban J connectivity index is 2.04. The summed E-state index contributed by atoms with van der Waals surface area (Å²) in [4.78, 5) is 0. The third kappa shape index (κ3) is 3.34. The molecule has 1 N–H and O–H groups in total. The summed E-state index contributed by atoms with van der Waals surface area (Å²) in [6, 6.07) is 0.565. The molecule has 0 bridgehead atoms. The van der Waals surface area contributed by atoms with Crippen LogP contribution in [0.3, 0.4) is 0 Å². The minimum Gasteiger partial charge on any atom is -0.308 e. The molecule has 5 heteroatoms. The normalized spacial score (nSPS) is 23.2. The summed E-state index contributed by atoms with van der Waals surface area (Å²) in [6.45, 7) is 6.07. The van der Waals surface area contributed by atoms with E-state index in [1.54, 1.807) is 0 Å². The standard InChI is InChI=1S/C14H23BrClN3/c1-3-11-14(15)13(19(4-2)18-11)9-17-12-7-5-6-10(12)8-16/h10,12,17H,3-9H2,1-2H3. The van der Waals surface area contributed by atoms with Gasteiger partial charge in [-0.2, -0.15) is 5.10 Å². The number of hydrogen-bond donors (Lipinski definition) is 1. The summed E-state index contributed by atoms with van der Waals surface area (Å²) in [5.41, 5.74) is 2.42. The average Bonchev–Trinajstić information content (AvgIpc) is 3.00. The zero-order chi connectivity index (χ0) is 13.8. The van der Waals surface area contributed by atoms with Crippen LogP contribution < -0.4 is 5.32 Å². The molecule has 1 aliphatic carbocycles. The highest BCUT2D eigenvalue weighted by Crippen LogP contribution is 2.28. The highest BCUT2D eigenvalue weighted by Gasteiger charge is 2.26. The van der Waals surface area contributed by atoms with Gasteiger partial charge in [0.1, 0.15) is 0 Å². The Morgan fingerprint density at radius 3 is 2.84 bits per heavy atom. The van der Waals surface area contributed by atoms with Gasteiger partial charge in [0.2, 0.25) is 0 Å². The van der Waals surface area contributed by atoms with Gasteiger partial charge in [-0.1, -0.05) is 13.3 Å². The molecule has 1 saturated carbocycles. The van der Waals surface area contributed by atoms with E-state index in [1.165, 1.54) is 29.4 Å².